The number of methoxy groups -OCH3 is 3. The quantitative estimate of drug-likeness (QED) is 0.602. The molecule has 0 saturated heterocycles. The van der Waals surface area contributed by atoms with Gasteiger partial charge >= 0.3 is 0 Å². The van der Waals surface area contributed by atoms with Crippen molar-refractivity contribution in [2.24, 2.45) is 0 Å². The van der Waals surface area contributed by atoms with Crippen molar-refractivity contribution in [3.8, 4) is 34.1 Å². The highest BCUT2D eigenvalue weighted by Gasteiger charge is 2.15. The van der Waals surface area contributed by atoms with Crippen molar-refractivity contribution in [1.29, 1.82) is 0 Å². The summed E-state index contributed by atoms with van der Waals surface area (Å²) in [5.74, 6) is 2.91. The Balaban J connectivity index is 2.22. The summed E-state index contributed by atoms with van der Waals surface area (Å²) in [6.45, 7) is 4.02. The number of hydrogen-bond acceptors (Lipinski definition) is 4. The normalized spacial score (nSPS) is 10.8. The third-order valence-electron chi connectivity index (χ3n) is 4.24. The van der Waals surface area contributed by atoms with Crippen LogP contribution in [0.3, 0.4) is 0 Å². The molecule has 0 bridgehead atoms. The van der Waals surface area contributed by atoms with Gasteiger partial charge in [-0.1, -0.05) is 24.3 Å². The van der Waals surface area contributed by atoms with Crippen LogP contribution in [0.1, 0.15) is 13.8 Å². The standard InChI is InChI=1S/C22H24O4/c1-14(2)26-22-18-8-6-7-16(17(18)10-12-20(22)24-4)15-9-11-19(23-3)21(13-15)25-5/h6-14H,1-5H3. The second-order valence-electron chi connectivity index (χ2n) is 6.23. The van der Waals surface area contributed by atoms with E-state index in [9.17, 15) is 0 Å². The van der Waals surface area contributed by atoms with E-state index in [4.69, 9.17) is 18.9 Å². The number of fused-ring (bicyclic) bond motifs is 1. The first kappa shape index (κ1) is 17.9. The third-order valence-corrected chi connectivity index (χ3v) is 4.24. The van der Waals surface area contributed by atoms with E-state index in [2.05, 4.69) is 18.2 Å². The number of hydrogen-bond donors (Lipinski definition) is 0. The van der Waals surface area contributed by atoms with E-state index in [1.807, 2.05) is 44.2 Å². The fraction of sp³-hybridized carbons (Fsp3) is 0.273. The van der Waals surface area contributed by atoms with Crippen LogP contribution in [-0.4, -0.2) is 27.4 Å². The van der Waals surface area contributed by atoms with Gasteiger partial charge in [-0.15, -0.1) is 0 Å². The molecule has 0 radical (unpaired) electrons. The van der Waals surface area contributed by atoms with Gasteiger partial charge in [-0.25, -0.2) is 0 Å². The van der Waals surface area contributed by atoms with E-state index in [0.29, 0.717) is 11.5 Å². The molecule has 26 heavy (non-hydrogen) atoms. The average molecular weight is 352 g/mol. The van der Waals surface area contributed by atoms with Crippen LogP contribution in [-0.2, 0) is 0 Å². The fourth-order valence-corrected chi connectivity index (χ4v) is 3.08. The summed E-state index contributed by atoms with van der Waals surface area (Å²) >= 11 is 0. The molecule has 3 aromatic rings. The smallest absolute Gasteiger partial charge is 0.169 e. The van der Waals surface area contributed by atoms with Gasteiger partial charge in [0.25, 0.3) is 0 Å². The van der Waals surface area contributed by atoms with Crippen molar-refractivity contribution in [3.05, 3.63) is 48.5 Å². The molecular formula is C22H24O4. The van der Waals surface area contributed by atoms with Crippen LogP contribution in [0.15, 0.2) is 48.5 Å². The topological polar surface area (TPSA) is 36.9 Å². The lowest BCUT2D eigenvalue weighted by Gasteiger charge is -2.18. The molecule has 0 aliphatic carbocycles. The van der Waals surface area contributed by atoms with Crippen LogP contribution in [0.25, 0.3) is 21.9 Å². The van der Waals surface area contributed by atoms with Crippen molar-refractivity contribution >= 4 is 10.8 Å². The van der Waals surface area contributed by atoms with Gasteiger partial charge < -0.3 is 18.9 Å². The minimum absolute atomic E-state index is 0.0548. The summed E-state index contributed by atoms with van der Waals surface area (Å²) in [6, 6.07) is 16.1. The summed E-state index contributed by atoms with van der Waals surface area (Å²) in [7, 11) is 4.94. The zero-order chi connectivity index (χ0) is 18.7. The molecule has 4 heteroatoms. The molecule has 3 rings (SSSR count). The maximum Gasteiger partial charge on any atom is 0.169 e. The maximum absolute atomic E-state index is 6.05. The molecule has 0 heterocycles. The van der Waals surface area contributed by atoms with Gasteiger partial charge in [0, 0.05) is 5.39 Å². The zero-order valence-electron chi connectivity index (χ0n) is 15.8. The van der Waals surface area contributed by atoms with Crippen LogP contribution in [0.4, 0.5) is 0 Å². The molecule has 0 saturated carbocycles. The van der Waals surface area contributed by atoms with Gasteiger partial charge in [0.15, 0.2) is 23.0 Å². The Kier molecular flexibility index (Phi) is 5.21. The van der Waals surface area contributed by atoms with Gasteiger partial charge in [0.1, 0.15) is 0 Å². The molecule has 0 unspecified atom stereocenters. The largest absolute Gasteiger partial charge is 0.493 e. The molecular weight excluding hydrogens is 328 g/mol. The Morgan fingerprint density at radius 1 is 0.692 bits per heavy atom. The van der Waals surface area contributed by atoms with Crippen molar-refractivity contribution in [1.82, 2.24) is 0 Å². The third kappa shape index (κ3) is 3.27. The van der Waals surface area contributed by atoms with Crippen molar-refractivity contribution in [2.45, 2.75) is 20.0 Å². The highest BCUT2D eigenvalue weighted by molar-refractivity contribution is 6.01. The molecule has 4 nitrogen and oxygen atoms in total. The van der Waals surface area contributed by atoms with Crippen LogP contribution in [0.2, 0.25) is 0 Å². The van der Waals surface area contributed by atoms with E-state index in [1.54, 1.807) is 21.3 Å². The second kappa shape index (κ2) is 7.56. The molecule has 136 valence electrons. The highest BCUT2D eigenvalue weighted by atomic mass is 16.5. The number of rotatable bonds is 6. The monoisotopic (exact) mass is 352 g/mol. The molecule has 3 aromatic carbocycles. The lowest BCUT2D eigenvalue weighted by atomic mass is 9.97. The predicted molar refractivity (Wildman–Crippen MR) is 105 cm³/mol. The predicted octanol–water partition coefficient (Wildman–Crippen LogP) is 5.32. The Bertz CT molecular complexity index is 915. The van der Waals surface area contributed by atoms with E-state index in [0.717, 1.165) is 33.4 Å². The summed E-state index contributed by atoms with van der Waals surface area (Å²) < 4.78 is 22.4. The minimum atomic E-state index is 0.0548. The summed E-state index contributed by atoms with van der Waals surface area (Å²) in [5, 5.41) is 2.11. The average Bonchev–Trinajstić information content (AvgIpc) is 2.66. The van der Waals surface area contributed by atoms with Crippen molar-refractivity contribution < 1.29 is 18.9 Å². The number of ether oxygens (including phenoxy) is 4. The first-order chi connectivity index (χ1) is 12.6. The molecule has 0 atom stereocenters. The Labute approximate surface area is 154 Å². The van der Waals surface area contributed by atoms with Gasteiger partial charge in [-0.05, 0) is 54.6 Å². The molecule has 0 spiro atoms. The number of benzene rings is 3. The summed E-state index contributed by atoms with van der Waals surface area (Å²) in [5.41, 5.74) is 2.15. The highest BCUT2D eigenvalue weighted by Crippen LogP contribution is 2.41. The van der Waals surface area contributed by atoms with Crippen LogP contribution in [0, 0.1) is 0 Å². The molecule has 0 fully saturated rings. The molecule has 0 aromatic heterocycles. The molecule has 0 aliphatic rings. The van der Waals surface area contributed by atoms with Crippen molar-refractivity contribution in [2.75, 3.05) is 21.3 Å². The Hall–Kier alpha value is -2.88. The van der Waals surface area contributed by atoms with Gasteiger partial charge in [-0.3, -0.25) is 0 Å². The molecule has 0 aliphatic heterocycles. The SMILES string of the molecule is COc1ccc(-c2cccc3c(OC(C)C)c(OC)ccc23)cc1OC. The van der Waals surface area contributed by atoms with Crippen LogP contribution >= 0.6 is 0 Å². The minimum Gasteiger partial charge on any atom is -0.493 e. The second-order valence-corrected chi connectivity index (χ2v) is 6.23. The molecule has 0 amide bonds. The van der Waals surface area contributed by atoms with Crippen LogP contribution < -0.4 is 18.9 Å². The first-order valence-corrected chi connectivity index (χ1v) is 8.57. The lowest BCUT2D eigenvalue weighted by molar-refractivity contribution is 0.233. The first-order valence-electron chi connectivity index (χ1n) is 8.57. The maximum atomic E-state index is 6.05. The van der Waals surface area contributed by atoms with E-state index in [1.165, 1.54) is 0 Å². The van der Waals surface area contributed by atoms with Gasteiger partial charge in [-0.2, -0.15) is 0 Å². The molecule has 0 N–H and O–H groups in total. The van der Waals surface area contributed by atoms with E-state index < -0.39 is 0 Å². The van der Waals surface area contributed by atoms with Crippen molar-refractivity contribution in [3.63, 3.8) is 0 Å². The summed E-state index contributed by atoms with van der Waals surface area (Å²) in [6.07, 6.45) is 0.0548. The van der Waals surface area contributed by atoms with E-state index >= 15 is 0 Å². The van der Waals surface area contributed by atoms with Crippen LogP contribution in [0.5, 0.6) is 23.0 Å². The Morgan fingerprint density at radius 3 is 2.04 bits per heavy atom. The van der Waals surface area contributed by atoms with Gasteiger partial charge in [0.05, 0.1) is 27.4 Å². The Morgan fingerprint density at radius 2 is 1.38 bits per heavy atom. The fourth-order valence-electron chi connectivity index (χ4n) is 3.08. The van der Waals surface area contributed by atoms with E-state index in [-0.39, 0.29) is 6.10 Å². The summed E-state index contributed by atoms with van der Waals surface area (Å²) in [4.78, 5) is 0. The zero-order valence-corrected chi connectivity index (χ0v) is 15.8. The van der Waals surface area contributed by atoms with Gasteiger partial charge in [0.2, 0.25) is 0 Å². The lowest BCUT2D eigenvalue weighted by Crippen LogP contribution is -2.07.